The van der Waals surface area contributed by atoms with Gasteiger partial charge in [-0.05, 0) is 85.2 Å². The topological polar surface area (TPSA) is 73.8 Å². The van der Waals surface area contributed by atoms with Crippen LogP contribution in [-0.2, 0) is 34.3 Å². The van der Waals surface area contributed by atoms with Crippen molar-refractivity contribution < 1.29 is 9.59 Å². The van der Waals surface area contributed by atoms with Gasteiger partial charge in [-0.15, -0.1) is 0 Å². The van der Waals surface area contributed by atoms with Gasteiger partial charge < -0.3 is 15.5 Å². The van der Waals surface area contributed by atoms with E-state index in [1.54, 1.807) is 12.3 Å². The molecule has 1 spiro atoms. The molecular formula is C34H34N4O2. The first-order chi connectivity index (χ1) is 19.4. The summed E-state index contributed by atoms with van der Waals surface area (Å²) in [5.74, 6) is -0.0524. The SMILES string of the molecule is C=C(/C=C(\N=CC)C(=O)N1c2ccccc2CC1CCC)Nc1ccc2c(c1)CC1(C2)C(=O)Nc2ccccc21. The number of rotatable bonds is 7. The Bertz CT molecular complexity index is 1590. The number of para-hydroxylation sites is 2. The van der Waals surface area contributed by atoms with Crippen molar-refractivity contribution in [2.45, 2.75) is 57.4 Å². The lowest BCUT2D eigenvalue weighted by molar-refractivity contribution is -0.120. The normalized spacial score (nSPS) is 20.9. The summed E-state index contributed by atoms with van der Waals surface area (Å²) in [5.41, 5.74) is 7.70. The van der Waals surface area contributed by atoms with Crippen molar-refractivity contribution in [3.8, 4) is 0 Å². The monoisotopic (exact) mass is 530 g/mol. The van der Waals surface area contributed by atoms with Crippen molar-refractivity contribution in [3.05, 3.63) is 113 Å². The molecule has 2 unspecified atom stereocenters. The van der Waals surface area contributed by atoms with E-state index in [2.05, 4.69) is 53.4 Å². The molecule has 2 heterocycles. The molecule has 1 aliphatic carbocycles. The molecule has 0 radical (unpaired) electrons. The molecule has 202 valence electrons. The summed E-state index contributed by atoms with van der Waals surface area (Å²) in [6.45, 7) is 8.15. The molecule has 0 fully saturated rings. The molecule has 2 N–H and O–H groups in total. The van der Waals surface area contributed by atoms with Crippen LogP contribution in [0.4, 0.5) is 17.1 Å². The Labute approximate surface area is 235 Å². The van der Waals surface area contributed by atoms with Crippen LogP contribution in [0.3, 0.4) is 0 Å². The van der Waals surface area contributed by atoms with Crippen LogP contribution < -0.4 is 15.5 Å². The standard InChI is InChI=1S/C34H34N4O2/c1-4-10-27-19-23-11-6-9-14-31(23)38(27)32(39)30(35-5-2)17-22(3)36-26-16-15-24-20-34(21-25(24)18-26)28-12-7-8-13-29(28)37-33(34)40/h5-9,11-18,27,36H,3-4,10,19-21H2,1-2H3,(H,37,40)/b30-17-,35-5?. The van der Waals surface area contributed by atoms with Gasteiger partial charge in [0.05, 0.1) is 5.41 Å². The van der Waals surface area contributed by atoms with Crippen LogP contribution in [0, 0.1) is 0 Å². The van der Waals surface area contributed by atoms with Gasteiger partial charge in [-0.3, -0.25) is 14.6 Å². The van der Waals surface area contributed by atoms with Crippen LogP contribution in [0.5, 0.6) is 0 Å². The third-order valence-corrected chi connectivity index (χ3v) is 8.33. The molecule has 0 bridgehead atoms. The maximum atomic E-state index is 13.8. The van der Waals surface area contributed by atoms with E-state index in [1.807, 2.05) is 54.3 Å². The molecule has 3 aromatic rings. The van der Waals surface area contributed by atoms with Gasteiger partial charge in [-0.1, -0.05) is 62.4 Å². The van der Waals surface area contributed by atoms with Gasteiger partial charge >= 0.3 is 0 Å². The highest BCUT2D eigenvalue weighted by molar-refractivity contribution is 6.08. The van der Waals surface area contributed by atoms with E-state index in [0.29, 0.717) is 24.2 Å². The van der Waals surface area contributed by atoms with Crippen molar-refractivity contribution in [1.82, 2.24) is 0 Å². The first-order valence-corrected chi connectivity index (χ1v) is 14.0. The molecule has 40 heavy (non-hydrogen) atoms. The Morgan fingerprint density at radius 2 is 1.88 bits per heavy atom. The highest BCUT2D eigenvalue weighted by Gasteiger charge is 2.50. The summed E-state index contributed by atoms with van der Waals surface area (Å²) in [5, 5.41) is 6.43. The van der Waals surface area contributed by atoms with Gasteiger partial charge in [0.25, 0.3) is 5.91 Å². The summed E-state index contributed by atoms with van der Waals surface area (Å²) in [6.07, 6.45) is 7.50. The Balaban J connectivity index is 1.23. The van der Waals surface area contributed by atoms with Gasteiger partial charge in [0.1, 0.15) is 5.70 Å². The van der Waals surface area contributed by atoms with Gasteiger partial charge in [0, 0.05) is 35.0 Å². The lowest BCUT2D eigenvalue weighted by atomic mass is 9.79. The first kappa shape index (κ1) is 25.8. The first-order valence-electron chi connectivity index (χ1n) is 14.0. The fraction of sp³-hybridized carbons (Fsp3) is 0.265. The predicted molar refractivity (Wildman–Crippen MR) is 162 cm³/mol. The number of anilines is 3. The molecule has 2 amide bonds. The smallest absolute Gasteiger partial charge is 0.277 e. The van der Waals surface area contributed by atoms with Crippen LogP contribution >= 0.6 is 0 Å². The second kappa shape index (κ2) is 10.3. The average Bonchev–Trinajstić information content (AvgIpc) is 3.59. The van der Waals surface area contributed by atoms with Crippen LogP contribution in [0.1, 0.15) is 48.9 Å². The molecule has 3 aliphatic rings. The number of benzene rings is 3. The van der Waals surface area contributed by atoms with Gasteiger partial charge in [0.2, 0.25) is 5.91 Å². The van der Waals surface area contributed by atoms with E-state index in [1.165, 1.54) is 11.1 Å². The van der Waals surface area contributed by atoms with Crippen molar-refractivity contribution in [2.24, 2.45) is 4.99 Å². The fourth-order valence-corrected chi connectivity index (χ4v) is 6.58. The van der Waals surface area contributed by atoms with E-state index < -0.39 is 5.41 Å². The van der Waals surface area contributed by atoms with Crippen LogP contribution in [-0.4, -0.2) is 24.1 Å². The van der Waals surface area contributed by atoms with Crippen molar-refractivity contribution in [3.63, 3.8) is 0 Å². The van der Waals surface area contributed by atoms with Crippen LogP contribution in [0.15, 0.2) is 95.8 Å². The molecular weight excluding hydrogens is 496 g/mol. The number of aliphatic imine (C=N–C) groups is 1. The molecule has 6 nitrogen and oxygen atoms in total. The summed E-state index contributed by atoms with van der Waals surface area (Å²) in [7, 11) is 0. The fourth-order valence-electron chi connectivity index (χ4n) is 6.58. The Morgan fingerprint density at radius 3 is 2.70 bits per heavy atom. The van der Waals surface area contributed by atoms with E-state index in [4.69, 9.17) is 0 Å². The van der Waals surface area contributed by atoms with Crippen LogP contribution in [0.25, 0.3) is 0 Å². The summed E-state index contributed by atoms with van der Waals surface area (Å²) < 4.78 is 0. The number of carbonyl (C=O) groups excluding carboxylic acids is 2. The van der Waals surface area contributed by atoms with E-state index in [0.717, 1.165) is 47.5 Å². The maximum Gasteiger partial charge on any atom is 0.277 e. The zero-order chi connectivity index (χ0) is 27.9. The number of fused-ring (bicyclic) bond motifs is 4. The molecule has 0 saturated carbocycles. The van der Waals surface area contributed by atoms with Crippen molar-refractivity contribution in [2.75, 3.05) is 15.5 Å². The highest BCUT2D eigenvalue weighted by atomic mass is 16.2. The summed E-state index contributed by atoms with van der Waals surface area (Å²) >= 11 is 0. The molecule has 6 heteroatoms. The maximum absolute atomic E-state index is 13.8. The molecule has 0 saturated heterocycles. The van der Waals surface area contributed by atoms with Gasteiger partial charge in [-0.25, -0.2) is 0 Å². The lowest BCUT2D eigenvalue weighted by Gasteiger charge is -2.25. The number of carbonyl (C=O) groups is 2. The molecule has 2 atom stereocenters. The Kier molecular flexibility index (Phi) is 6.62. The van der Waals surface area contributed by atoms with E-state index in [9.17, 15) is 9.59 Å². The quantitative estimate of drug-likeness (QED) is 0.213. The van der Waals surface area contributed by atoms with E-state index in [-0.39, 0.29) is 17.9 Å². The number of hydrogen-bond donors (Lipinski definition) is 2. The average molecular weight is 531 g/mol. The minimum Gasteiger partial charge on any atom is -0.356 e. The largest absolute Gasteiger partial charge is 0.356 e. The highest BCUT2D eigenvalue weighted by Crippen LogP contribution is 2.47. The second-order valence-electron chi connectivity index (χ2n) is 10.9. The predicted octanol–water partition coefficient (Wildman–Crippen LogP) is 6.33. The zero-order valence-corrected chi connectivity index (χ0v) is 23.0. The van der Waals surface area contributed by atoms with Gasteiger partial charge in [-0.2, -0.15) is 0 Å². The van der Waals surface area contributed by atoms with Crippen molar-refractivity contribution >= 4 is 35.1 Å². The summed E-state index contributed by atoms with van der Waals surface area (Å²) in [6, 6.07) is 22.4. The number of allylic oxidation sites excluding steroid dienone is 1. The summed E-state index contributed by atoms with van der Waals surface area (Å²) in [4.78, 5) is 33.3. The van der Waals surface area contributed by atoms with Crippen LogP contribution in [0.2, 0.25) is 0 Å². The number of nitrogens with one attached hydrogen (secondary N) is 2. The Hall–Kier alpha value is -4.45. The lowest BCUT2D eigenvalue weighted by Crippen LogP contribution is -2.38. The molecule has 6 rings (SSSR count). The molecule has 3 aromatic carbocycles. The number of nitrogens with zero attached hydrogens (tertiary/aromatic N) is 2. The third kappa shape index (κ3) is 4.34. The second-order valence-corrected chi connectivity index (χ2v) is 10.9. The zero-order valence-electron chi connectivity index (χ0n) is 23.0. The van der Waals surface area contributed by atoms with E-state index >= 15 is 0 Å². The number of amides is 2. The molecule has 0 aromatic heterocycles. The Morgan fingerprint density at radius 1 is 1.10 bits per heavy atom. The minimum absolute atomic E-state index is 0.0668. The molecule has 2 aliphatic heterocycles. The minimum atomic E-state index is -0.551. The third-order valence-electron chi connectivity index (χ3n) is 8.33. The van der Waals surface area contributed by atoms with Gasteiger partial charge in [0.15, 0.2) is 0 Å². The number of hydrogen-bond acceptors (Lipinski definition) is 4. The van der Waals surface area contributed by atoms with Crippen molar-refractivity contribution in [1.29, 1.82) is 0 Å².